The summed E-state index contributed by atoms with van der Waals surface area (Å²) in [4.78, 5) is 31.2. The van der Waals surface area contributed by atoms with Crippen molar-refractivity contribution >= 4 is 17.6 Å². The van der Waals surface area contributed by atoms with E-state index in [0.717, 1.165) is 44.3 Å². The molecule has 1 aromatic heterocycles. The van der Waals surface area contributed by atoms with Gasteiger partial charge in [-0.25, -0.2) is 14.2 Å². The maximum absolute atomic E-state index is 15.3. The highest BCUT2D eigenvalue weighted by Crippen LogP contribution is 2.40. The van der Waals surface area contributed by atoms with E-state index in [4.69, 9.17) is 15.2 Å². The highest BCUT2D eigenvalue weighted by Gasteiger charge is 2.37. The number of aromatic nitrogens is 1. The summed E-state index contributed by atoms with van der Waals surface area (Å²) in [6.07, 6.45) is -0.665. The number of nitrogens with zero attached hydrogens (tertiary/aromatic N) is 2. The first-order chi connectivity index (χ1) is 17.4. The molecule has 37 heavy (non-hydrogen) atoms. The molecule has 0 bridgehead atoms. The molecule has 11 heteroatoms. The highest BCUT2D eigenvalue weighted by atomic mass is 19.4. The molecule has 0 spiro atoms. The van der Waals surface area contributed by atoms with Crippen LogP contribution in [0, 0.1) is 17.7 Å². The summed E-state index contributed by atoms with van der Waals surface area (Å²) in [6.45, 7) is 5.38. The van der Waals surface area contributed by atoms with Gasteiger partial charge < -0.3 is 20.1 Å². The van der Waals surface area contributed by atoms with E-state index in [1.54, 1.807) is 13.8 Å². The number of carbonyl (C=O) groups is 2. The molecule has 0 radical (unpaired) electrons. The van der Waals surface area contributed by atoms with Crippen LogP contribution in [0.2, 0.25) is 0 Å². The second-order valence-electron chi connectivity index (χ2n) is 9.55. The fourth-order valence-electron chi connectivity index (χ4n) is 4.44. The van der Waals surface area contributed by atoms with Crippen LogP contribution >= 0.6 is 0 Å². The fourth-order valence-corrected chi connectivity index (χ4v) is 4.44. The quantitative estimate of drug-likeness (QED) is 0.360. The predicted molar refractivity (Wildman–Crippen MR) is 129 cm³/mol. The van der Waals surface area contributed by atoms with Crippen molar-refractivity contribution in [3.05, 3.63) is 46.9 Å². The largest absolute Gasteiger partial charge is 0.465 e. The van der Waals surface area contributed by atoms with Crippen molar-refractivity contribution in [1.82, 2.24) is 4.98 Å². The monoisotopic (exact) mass is 525 g/mol. The van der Waals surface area contributed by atoms with Gasteiger partial charge in [0.05, 0.1) is 18.4 Å². The number of esters is 1. The number of hydrogen-bond donors (Lipinski definition) is 1. The lowest BCUT2D eigenvalue weighted by Gasteiger charge is -2.34. The minimum absolute atomic E-state index is 0.0437. The Morgan fingerprint density at radius 2 is 1.81 bits per heavy atom. The van der Waals surface area contributed by atoms with Crippen LogP contribution in [0.15, 0.2) is 24.4 Å². The molecule has 2 N–H and O–H groups in total. The number of ether oxygens (including phenoxy) is 2. The summed E-state index contributed by atoms with van der Waals surface area (Å²) in [5, 5.41) is 0. The number of nitrogens with two attached hydrogens (primary N) is 1. The van der Waals surface area contributed by atoms with Crippen molar-refractivity contribution in [2.75, 3.05) is 12.0 Å². The fraction of sp³-hybridized carbons (Fsp3) is 0.500. The van der Waals surface area contributed by atoms with Crippen LogP contribution in [0.1, 0.15) is 67.9 Å². The number of benzene rings is 1. The van der Waals surface area contributed by atoms with E-state index in [1.165, 1.54) is 4.90 Å². The lowest BCUT2D eigenvalue weighted by atomic mass is 9.82. The van der Waals surface area contributed by atoms with Crippen molar-refractivity contribution in [2.45, 2.75) is 65.2 Å². The lowest BCUT2D eigenvalue weighted by Crippen LogP contribution is -2.43. The zero-order chi connectivity index (χ0) is 27.5. The Hall–Kier alpha value is -3.21. The summed E-state index contributed by atoms with van der Waals surface area (Å²) >= 11 is 0. The number of alkyl halides is 3. The smallest absolute Gasteiger partial charge is 0.421 e. The predicted octanol–water partition coefficient (Wildman–Crippen LogP) is 5.84. The van der Waals surface area contributed by atoms with E-state index in [-0.39, 0.29) is 35.2 Å². The van der Waals surface area contributed by atoms with Gasteiger partial charge in [-0.3, -0.25) is 4.79 Å². The first kappa shape index (κ1) is 28.4. The lowest BCUT2D eigenvalue weighted by molar-refractivity contribution is -0.139. The molecule has 0 atom stereocenters. The van der Waals surface area contributed by atoms with E-state index in [0.29, 0.717) is 18.8 Å². The number of methoxy groups -OCH3 is 1. The third kappa shape index (κ3) is 6.38. The van der Waals surface area contributed by atoms with Gasteiger partial charge in [-0.15, -0.1) is 0 Å². The van der Waals surface area contributed by atoms with E-state index >= 15 is 4.39 Å². The Kier molecular flexibility index (Phi) is 8.78. The number of halogens is 4. The summed E-state index contributed by atoms with van der Waals surface area (Å²) in [5.74, 6) is -3.59. The van der Waals surface area contributed by atoms with Crippen molar-refractivity contribution in [2.24, 2.45) is 17.6 Å². The molecule has 1 heterocycles. The van der Waals surface area contributed by atoms with Crippen molar-refractivity contribution < 1.29 is 36.6 Å². The summed E-state index contributed by atoms with van der Waals surface area (Å²) in [6, 6.07) is 2.16. The summed E-state index contributed by atoms with van der Waals surface area (Å²) in [7, 11) is 1.11. The van der Waals surface area contributed by atoms with Crippen molar-refractivity contribution in [3.63, 3.8) is 0 Å². The van der Waals surface area contributed by atoms with Gasteiger partial charge in [0.15, 0.2) is 11.6 Å². The molecule has 1 aromatic carbocycles. The van der Waals surface area contributed by atoms with Gasteiger partial charge in [0, 0.05) is 36.8 Å². The van der Waals surface area contributed by atoms with E-state index in [2.05, 4.69) is 11.9 Å². The molecule has 0 saturated heterocycles. The number of anilines is 1. The minimum Gasteiger partial charge on any atom is -0.465 e. The number of carbonyl (C=O) groups excluding carboxylic acids is 2. The van der Waals surface area contributed by atoms with E-state index in [1.807, 2.05) is 0 Å². The van der Waals surface area contributed by atoms with Crippen LogP contribution in [0.4, 0.5) is 23.2 Å². The number of rotatable bonds is 7. The number of hydrogen-bond acceptors (Lipinski definition) is 6. The minimum atomic E-state index is -4.85. The van der Waals surface area contributed by atoms with Crippen LogP contribution < -0.4 is 15.4 Å². The molecule has 7 nitrogen and oxygen atoms in total. The third-order valence-corrected chi connectivity index (χ3v) is 6.49. The molecule has 1 fully saturated rings. The van der Waals surface area contributed by atoms with Crippen molar-refractivity contribution in [1.29, 1.82) is 0 Å². The van der Waals surface area contributed by atoms with Gasteiger partial charge in [0.2, 0.25) is 11.8 Å². The number of pyridine rings is 1. The molecule has 1 amide bonds. The molecule has 2 aromatic rings. The Balaban J connectivity index is 2.07. The first-order valence-corrected chi connectivity index (χ1v) is 12.1. The van der Waals surface area contributed by atoms with Gasteiger partial charge in [-0.2, -0.15) is 13.2 Å². The maximum atomic E-state index is 15.3. The van der Waals surface area contributed by atoms with Gasteiger partial charge in [-0.1, -0.05) is 6.92 Å². The second kappa shape index (κ2) is 11.5. The number of amides is 1. The molecule has 1 aliphatic carbocycles. The third-order valence-electron chi connectivity index (χ3n) is 6.49. The van der Waals surface area contributed by atoms with Crippen LogP contribution in [-0.4, -0.2) is 30.0 Å². The standard InChI is InChI=1S/C26H31F4N3O4/c1-14(2)33(24(34)17-7-5-15(3)6-8-17)21-11-20(27)22(10-18(21)25(35)36-4)37-23-19(26(28,29)30)9-16(12-31)13-32-23/h9-11,13-15,17H,5-8,12,31H2,1-4H3/t15-,17-. The SMILES string of the molecule is COC(=O)c1cc(Oc2ncc(CN)cc2C(F)(F)F)c(F)cc1N(C(=O)[C@H]1CC[C@H](C)CC1)C(C)C. The average Bonchev–Trinajstić information content (AvgIpc) is 2.84. The maximum Gasteiger partial charge on any atom is 0.421 e. The van der Waals surface area contributed by atoms with Crippen LogP contribution in [0.5, 0.6) is 11.6 Å². The molecule has 0 unspecified atom stereocenters. The molecular weight excluding hydrogens is 494 g/mol. The molecule has 3 rings (SSSR count). The van der Waals surface area contributed by atoms with Crippen LogP contribution in [0.25, 0.3) is 0 Å². The van der Waals surface area contributed by atoms with Crippen LogP contribution in [0.3, 0.4) is 0 Å². The molecule has 1 saturated carbocycles. The van der Waals surface area contributed by atoms with E-state index < -0.39 is 41.2 Å². The van der Waals surface area contributed by atoms with Gasteiger partial charge >= 0.3 is 12.1 Å². The summed E-state index contributed by atoms with van der Waals surface area (Å²) < 4.78 is 66.2. The molecule has 0 aliphatic heterocycles. The van der Waals surface area contributed by atoms with Crippen LogP contribution in [-0.2, 0) is 22.3 Å². The van der Waals surface area contributed by atoms with Crippen molar-refractivity contribution in [3.8, 4) is 11.6 Å². The Morgan fingerprint density at radius 1 is 1.16 bits per heavy atom. The molecule has 1 aliphatic rings. The Bertz CT molecular complexity index is 1150. The normalized spacial score (nSPS) is 18.0. The highest BCUT2D eigenvalue weighted by molar-refractivity contribution is 6.04. The Labute approximate surface area is 212 Å². The zero-order valence-corrected chi connectivity index (χ0v) is 21.2. The van der Waals surface area contributed by atoms with E-state index in [9.17, 15) is 22.8 Å². The topological polar surface area (TPSA) is 94.8 Å². The van der Waals surface area contributed by atoms with Gasteiger partial charge in [0.25, 0.3) is 0 Å². The summed E-state index contributed by atoms with van der Waals surface area (Å²) in [5.41, 5.74) is 4.01. The average molecular weight is 526 g/mol. The second-order valence-corrected chi connectivity index (χ2v) is 9.55. The Morgan fingerprint density at radius 3 is 2.35 bits per heavy atom. The first-order valence-electron chi connectivity index (χ1n) is 12.1. The zero-order valence-electron chi connectivity index (χ0n) is 21.2. The molecular formula is C26H31F4N3O4. The van der Waals surface area contributed by atoms with Gasteiger partial charge in [0.1, 0.15) is 5.56 Å². The molecule has 202 valence electrons. The van der Waals surface area contributed by atoms with Gasteiger partial charge in [-0.05, 0) is 57.1 Å².